The molecule has 0 aromatic heterocycles. The van der Waals surface area contributed by atoms with Crippen molar-refractivity contribution in [3.63, 3.8) is 0 Å². The van der Waals surface area contributed by atoms with Gasteiger partial charge in [0.2, 0.25) is 10.0 Å². The largest absolute Gasteiger partial charge is 0.493 e. The number of hydrogen-bond acceptors (Lipinski definition) is 6. The van der Waals surface area contributed by atoms with Crippen molar-refractivity contribution < 1.29 is 22.7 Å². The van der Waals surface area contributed by atoms with E-state index in [4.69, 9.17) is 9.47 Å². The minimum atomic E-state index is -3.98. The van der Waals surface area contributed by atoms with Crippen LogP contribution in [0.1, 0.15) is 34.7 Å². The fourth-order valence-electron chi connectivity index (χ4n) is 4.13. The van der Waals surface area contributed by atoms with E-state index in [0.717, 1.165) is 11.1 Å². The molecule has 196 valence electrons. The summed E-state index contributed by atoms with van der Waals surface area (Å²) in [5, 5.41) is 4.01. The van der Waals surface area contributed by atoms with E-state index in [1.807, 2.05) is 56.3 Å². The molecule has 9 heteroatoms. The first-order valence-electron chi connectivity index (χ1n) is 11.9. The molecule has 0 fully saturated rings. The van der Waals surface area contributed by atoms with Crippen molar-refractivity contribution in [1.82, 2.24) is 9.73 Å². The molecule has 0 aliphatic rings. The lowest BCUT2D eigenvalue weighted by Crippen LogP contribution is -2.39. The number of nitrogens with zero attached hydrogens (tertiary/aromatic N) is 2. The Kier molecular flexibility index (Phi) is 9.43. The fraction of sp³-hybridized carbons (Fsp3) is 0.286. The number of rotatable bonds is 11. The quantitative estimate of drug-likeness (QED) is 0.298. The molecule has 3 aromatic rings. The number of benzene rings is 3. The number of aryl methyl sites for hydroxylation is 3. The molecule has 1 amide bonds. The fourth-order valence-corrected chi connectivity index (χ4v) is 5.93. The summed E-state index contributed by atoms with van der Waals surface area (Å²) in [6, 6.07) is 18.1. The van der Waals surface area contributed by atoms with E-state index in [9.17, 15) is 13.2 Å². The summed E-state index contributed by atoms with van der Waals surface area (Å²) in [5.74, 6) is 0.590. The van der Waals surface area contributed by atoms with E-state index in [1.54, 1.807) is 39.2 Å². The third-order valence-electron chi connectivity index (χ3n) is 5.61. The van der Waals surface area contributed by atoms with Gasteiger partial charge in [-0.25, -0.2) is 13.8 Å². The number of hydrogen-bond donors (Lipinski definition) is 1. The second kappa shape index (κ2) is 12.5. The molecular formula is C28H33N3O5S. The van der Waals surface area contributed by atoms with Gasteiger partial charge >= 0.3 is 0 Å². The van der Waals surface area contributed by atoms with Crippen molar-refractivity contribution in [2.75, 3.05) is 20.3 Å². The second-order valence-corrected chi connectivity index (χ2v) is 10.5. The van der Waals surface area contributed by atoms with E-state index in [0.29, 0.717) is 34.8 Å². The highest BCUT2D eigenvalue weighted by molar-refractivity contribution is 7.89. The average Bonchev–Trinajstić information content (AvgIpc) is 2.84. The van der Waals surface area contributed by atoms with E-state index < -0.39 is 22.5 Å². The third-order valence-corrected chi connectivity index (χ3v) is 7.71. The Morgan fingerprint density at radius 1 is 1.00 bits per heavy atom. The molecule has 0 spiro atoms. The molecule has 0 aliphatic carbocycles. The Bertz CT molecular complexity index is 1350. The van der Waals surface area contributed by atoms with Crippen molar-refractivity contribution in [1.29, 1.82) is 0 Å². The number of sulfonamides is 1. The van der Waals surface area contributed by atoms with Gasteiger partial charge in [-0.15, -0.1) is 0 Å². The van der Waals surface area contributed by atoms with E-state index in [-0.39, 0.29) is 11.4 Å². The first-order chi connectivity index (χ1) is 17.6. The Balaban J connectivity index is 1.82. The van der Waals surface area contributed by atoms with Crippen molar-refractivity contribution >= 4 is 22.1 Å². The molecule has 0 bridgehead atoms. The molecule has 1 N–H and O–H groups in total. The van der Waals surface area contributed by atoms with Crippen molar-refractivity contribution in [3.05, 3.63) is 88.5 Å². The number of carbonyl (C=O) groups is 1. The Morgan fingerprint density at radius 3 is 2.30 bits per heavy atom. The van der Waals surface area contributed by atoms with Gasteiger partial charge in [0, 0.05) is 6.54 Å². The normalized spacial score (nSPS) is 11.6. The number of nitrogens with one attached hydrogen (secondary N) is 1. The summed E-state index contributed by atoms with van der Waals surface area (Å²) in [7, 11) is -2.44. The summed E-state index contributed by atoms with van der Waals surface area (Å²) in [6.07, 6.45) is 1.46. The lowest BCUT2D eigenvalue weighted by atomic mass is 10.1. The monoisotopic (exact) mass is 523 g/mol. The SMILES string of the molecule is CCOc1ccc(/C=N\NC(=O)CN(Cc2ccccc2)S(=O)(=O)c2c(C)cc(C)cc2C)cc1OC. The predicted octanol–water partition coefficient (Wildman–Crippen LogP) is 4.36. The molecule has 0 heterocycles. The maximum atomic E-state index is 13.8. The first-order valence-corrected chi connectivity index (χ1v) is 13.3. The number of carbonyl (C=O) groups excluding carboxylic acids is 1. The van der Waals surface area contributed by atoms with Crippen LogP contribution in [0.5, 0.6) is 11.5 Å². The van der Waals surface area contributed by atoms with Gasteiger partial charge in [0.05, 0.1) is 31.4 Å². The molecule has 3 rings (SSSR count). The van der Waals surface area contributed by atoms with Crippen LogP contribution < -0.4 is 14.9 Å². The molecule has 0 saturated heterocycles. The molecule has 0 radical (unpaired) electrons. The first kappa shape index (κ1) is 27.9. The zero-order chi connectivity index (χ0) is 27.0. The lowest BCUT2D eigenvalue weighted by molar-refractivity contribution is -0.121. The average molecular weight is 524 g/mol. The van der Waals surface area contributed by atoms with Gasteiger partial charge < -0.3 is 9.47 Å². The molecule has 37 heavy (non-hydrogen) atoms. The summed E-state index contributed by atoms with van der Waals surface area (Å²) >= 11 is 0. The summed E-state index contributed by atoms with van der Waals surface area (Å²) in [6.45, 7) is 7.49. The summed E-state index contributed by atoms with van der Waals surface area (Å²) in [5.41, 5.74) is 6.14. The van der Waals surface area contributed by atoms with E-state index >= 15 is 0 Å². The van der Waals surface area contributed by atoms with Gasteiger partial charge in [-0.2, -0.15) is 9.41 Å². The molecule has 0 unspecified atom stereocenters. The highest BCUT2D eigenvalue weighted by Gasteiger charge is 2.30. The highest BCUT2D eigenvalue weighted by atomic mass is 32.2. The maximum Gasteiger partial charge on any atom is 0.255 e. The van der Waals surface area contributed by atoms with Crippen LogP contribution in [0.4, 0.5) is 0 Å². The van der Waals surface area contributed by atoms with Gasteiger partial charge in [-0.3, -0.25) is 4.79 Å². The Hall–Kier alpha value is -3.69. The molecule has 3 aromatic carbocycles. The second-order valence-electron chi connectivity index (χ2n) is 8.62. The number of amides is 1. The van der Waals surface area contributed by atoms with Gasteiger partial charge in [-0.1, -0.05) is 48.0 Å². The smallest absolute Gasteiger partial charge is 0.255 e. The molecule has 0 atom stereocenters. The molecular weight excluding hydrogens is 490 g/mol. The van der Waals surface area contributed by atoms with Crippen LogP contribution >= 0.6 is 0 Å². The topological polar surface area (TPSA) is 97.3 Å². The van der Waals surface area contributed by atoms with Gasteiger partial charge in [-0.05, 0) is 68.1 Å². The van der Waals surface area contributed by atoms with Crippen molar-refractivity contribution in [3.8, 4) is 11.5 Å². The van der Waals surface area contributed by atoms with Crippen LogP contribution in [0, 0.1) is 20.8 Å². The Labute approximate surface area is 219 Å². The van der Waals surface area contributed by atoms with Crippen LogP contribution in [0.25, 0.3) is 0 Å². The Morgan fingerprint density at radius 2 is 1.68 bits per heavy atom. The van der Waals surface area contributed by atoms with Crippen LogP contribution in [0.15, 0.2) is 70.7 Å². The lowest BCUT2D eigenvalue weighted by Gasteiger charge is -2.24. The zero-order valence-electron chi connectivity index (χ0n) is 21.8. The van der Waals surface area contributed by atoms with Crippen LogP contribution in [-0.4, -0.2) is 45.1 Å². The van der Waals surface area contributed by atoms with Gasteiger partial charge in [0.25, 0.3) is 5.91 Å². The molecule has 0 aliphatic heterocycles. The standard InChI is InChI=1S/C28H33N3O5S/c1-6-36-25-13-12-24(16-26(25)35-5)17-29-30-27(32)19-31(18-23-10-8-7-9-11-23)37(33,34)28-21(3)14-20(2)15-22(28)4/h7-17H,6,18-19H2,1-5H3,(H,30,32)/b29-17-. The predicted molar refractivity (Wildman–Crippen MR) is 145 cm³/mol. The minimum absolute atomic E-state index is 0.0448. The summed E-state index contributed by atoms with van der Waals surface area (Å²) in [4.78, 5) is 13.0. The molecule has 0 saturated carbocycles. The van der Waals surface area contributed by atoms with Crippen LogP contribution in [0.2, 0.25) is 0 Å². The zero-order valence-corrected chi connectivity index (χ0v) is 22.6. The minimum Gasteiger partial charge on any atom is -0.493 e. The number of hydrazone groups is 1. The number of methoxy groups -OCH3 is 1. The third kappa shape index (κ3) is 7.18. The highest BCUT2D eigenvalue weighted by Crippen LogP contribution is 2.28. The number of ether oxygens (including phenoxy) is 2. The molecule has 8 nitrogen and oxygen atoms in total. The van der Waals surface area contributed by atoms with Gasteiger partial charge in [0.1, 0.15) is 0 Å². The van der Waals surface area contributed by atoms with E-state index in [1.165, 1.54) is 10.5 Å². The van der Waals surface area contributed by atoms with Crippen LogP contribution in [-0.2, 0) is 21.4 Å². The van der Waals surface area contributed by atoms with Crippen molar-refractivity contribution in [2.24, 2.45) is 5.10 Å². The van der Waals surface area contributed by atoms with Crippen molar-refractivity contribution in [2.45, 2.75) is 39.1 Å². The summed E-state index contributed by atoms with van der Waals surface area (Å²) < 4.78 is 39.5. The van der Waals surface area contributed by atoms with Gasteiger partial charge in [0.15, 0.2) is 11.5 Å². The van der Waals surface area contributed by atoms with E-state index in [2.05, 4.69) is 10.5 Å². The maximum absolute atomic E-state index is 13.8. The van der Waals surface area contributed by atoms with Crippen LogP contribution in [0.3, 0.4) is 0 Å².